The summed E-state index contributed by atoms with van der Waals surface area (Å²) in [6, 6.07) is 0. The van der Waals surface area contributed by atoms with Gasteiger partial charge in [-0.2, -0.15) is 0 Å². The molecular weight excluding hydrogens is 106 g/mol. The van der Waals surface area contributed by atoms with Gasteiger partial charge in [-0.15, -0.1) is 5.11 Å². The standard InChI is InChI=1S/C3H7N5/c4-2(5)1-3(6)8-7/h6-7H,1H2,(H3,4,5). The molecule has 0 aliphatic carbocycles. The molecule has 0 aromatic rings. The molecule has 0 bridgehead atoms. The average Bonchev–Trinajstić information content (AvgIpc) is 1.65. The molecule has 0 aromatic heterocycles. The highest BCUT2D eigenvalue weighted by Gasteiger charge is 1.93. The number of hydrogen-bond acceptors (Lipinski definition) is 3. The normalized spacial score (nSPS) is 8.00. The second-order valence-electron chi connectivity index (χ2n) is 1.26. The first-order valence-electron chi connectivity index (χ1n) is 1.94. The van der Waals surface area contributed by atoms with Gasteiger partial charge in [0.05, 0.1) is 12.3 Å². The van der Waals surface area contributed by atoms with Gasteiger partial charge in [-0.05, 0) is 0 Å². The SMILES string of the molecule is N=NC(=N)CC(=N)N. The molecule has 5 heteroatoms. The summed E-state index contributed by atoms with van der Waals surface area (Å²) in [5.74, 6) is -0.316. The molecule has 0 amide bonds. The summed E-state index contributed by atoms with van der Waals surface area (Å²) in [6.45, 7) is 0. The van der Waals surface area contributed by atoms with Crippen LogP contribution in [0.1, 0.15) is 6.42 Å². The van der Waals surface area contributed by atoms with Crippen molar-refractivity contribution in [3.63, 3.8) is 0 Å². The van der Waals surface area contributed by atoms with Gasteiger partial charge in [0.25, 0.3) is 0 Å². The fourth-order valence-corrected chi connectivity index (χ4v) is 0.220. The molecular formula is C3H7N5. The van der Waals surface area contributed by atoms with Crippen LogP contribution in [0.25, 0.3) is 0 Å². The molecule has 0 radical (unpaired) electrons. The third-order valence-corrected chi connectivity index (χ3v) is 0.493. The number of rotatable bonds is 2. The molecule has 0 aromatic carbocycles. The van der Waals surface area contributed by atoms with Crippen molar-refractivity contribution in [1.29, 1.82) is 16.3 Å². The Hall–Kier alpha value is -1.26. The van der Waals surface area contributed by atoms with E-state index < -0.39 is 0 Å². The van der Waals surface area contributed by atoms with Crippen molar-refractivity contribution in [2.45, 2.75) is 6.42 Å². The predicted octanol–water partition coefficient (Wildman–Crippen LogP) is 0.321. The van der Waals surface area contributed by atoms with Crippen molar-refractivity contribution < 1.29 is 0 Å². The van der Waals surface area contributed by atoms with Crippen LogP contribution in [0.5, 0.6) is 0 Å². The highest BCUT2D eigenvalue weighted by molar-refractivity contribution is 5.98. The van der Waals surface area contributed by atoms with Crippen LogP contribution < -0.4 is 5.73 Å². The first kappa shape index (κ1) is 6.74. The molecule has 0 spiro atoms. The maximum atomic E-state index is 6.69. The lowest BCUT2D eigenvalue weighted by atomic mass is 10.4. The maximum Gasteiger partial charge on any atom is 0.150 e. The molecule has 0 fully saturated rings. The van der Waals surface area contributed by atoms with Crippen LogP contribution in [0, 0.1) is 16.3 Å². The van der Waals surface area contributed by atoms with Crippen molar-refractivity contribution in [3.8, 4) is 0 Å². The molecule has 0 aliphatic rings. The summed E-state index contributed by atoms with van der Waals surface area (Å²) in [4.78, 5) is 0. The average molecular weight is 113 g/mol. The Morgan fingerprint density at radius 1 is 1.50 bits per heavy atom. The van der Waals surface area contributed by atoms with Gasteiger partial charge in [-0.3, -0.25) is 10.8 Å². The van der Waals surface area contributed by atoms with Gasteiger partial charge < -0.3 is 5.73 Å². The topological polar surface area (TPSA) is 110 Å². The quantitative estimate of drug-likeness (QED) is 0.231. The van der Waals surface area contributed by atoms with Gasteiger partial charge in [0.2, 0.25) is 0 Å². The number of amidine groups is 2. The lowest BCUT2D eigenvalue weighted by Gasteiger charge is -1.89. The molecule has 0 atom stereocenters. The summed E-state index contributed by atoms with van der Waals surface area (Å²) in [5, 5.41) is 16.1. The van der Waals surface area contributed by atoms with E-state index >= 15 is 0 Å². The van der Waals surface area contributed by atoms with Gasteiger partial charge in [0.1, 0.15) is 5.84 Å². The molecule has 5 N–H and O–H groups in total. The minimum atomic E-state index is -0.183. The molecule has 0 heterocycles. The molecule has 8 heavy (non-hydrogen) atoms. The Bertz CT molecular complexity index is 126. The fraction of sp³-hybridized carbons (Fsp3) is 0.333. The third-order valence-electron chi connectivity index (χ3n) is 0.493. The maximum absolute atomic E-state index is 6.69. The molecule has 0 saturated heterocycles. The minimum Gasteiger partial charge on any atom is -0.387 e. The van der Waals surface area contributed by atoms with Crippen LogP contribution in [-0.4, -0.2) is 11.7 Å². The fourth-order valence-electron chi connectivity index (χ4n) is 0.220. The molecule has 0 rings (SSSR count). The smallest absolute Gasteiger partial charge is 0.150 e. The van der Waals surface area contributed by atoms with Crippen LogP contribution >= 0.6 is 0 Å². The van der Waals surface area contributed by atoms with E-state index in [1.807, 2.05) is 0 Å². The van der Waals surface area contributed by atoms with Crippen molar-refractivity contribution in [3.05, 3.63) is 0 Å². The zero-order valence-corrected chi connectivity index (χ0v) is 4.23. The molecule has 44 valence electrons. The van der Waals surface area contributed by atoms with Crippen LogP contribution in [0.15, 0.2) is 5.11 Å². The second-order valence-corrected chi connectivity index (χ2v) is 1.26. The molecule has 0 saturated carbocycles. The zero-order valence-electron chi connectivity index (χ0n) is 4.23. The minimum absolute atomic E-state index is 0.0243. The second kappa shape index (κ2) is 2.84. The van der Waals surface area contributed by atoms with Crippen LogP contribution in [0.4, 0.5) is 0 Å². The van der Waals surface area contributed by atoms with Gasteiger partial charge in [-0.25, -0.2) is 5.53 Å². The van der Waals surface area contributed by atoms with E-state index in [1.165, 1.54) is 0 Å². The van der Waals surface area contributed by atoms with E-state index in [9.17, 15) is 0 Å². The summed E-state index contributed by atoms with van der Waals surface area (Å²) in [7, 11) is 0. The van der Waals surface area contributed by atoms with Crippen LogP contribution in [0.3, 0.4) is 0 Å². The Morgan fingerprint density at radius 3 is 2.12 bits per heavy atom. The number of nitrogens with two attached hydrogens (primary N) is 1. The van der Waals surface area contributed by atoms with E-state index in [-0.39, 0.29) is 18.1 Å². The van der Waals surface area contributed by atoms with Crippen LogP contribution in [0.2, 0.25) is 0 Å². The number of hydrogen-bond donors (Lipinski definition) is 4. The Labute approximate surface area is 46.4 Å². The lowest BCUT2D eigenvalue weighted by molar-refractivity contribution is 1.13. The van der Waals surface area contributed by atoms with E-state index in [0.29, 0.717) is 0 Å². The number of nitrogens with zero attached hydrogens (tertiary/aromatic N) is 1. The molecule has 0 unspecified atom stereocenters. The van der Waals surface area contributed by atoms with Gasteiger partial charge >= 0.3 is 0 Å². The van der Waals surface area contributed by atoms with E-state index in [4.69, 9.17) is 22.1 Å². The molecule has 0 aliphatic heterocycles. The van der Waals surface area contributed by atoms with E-state index in [1.54, 1.807) is 0 Å². The Morgan fingerprint density at radius 2 is 2.00 bits per heavy atom. The van der Waals surface area contributed by atoms with Crippen molar-refractivity contribution >= 4 is 11.7 Å². The highest BCUT2D eigenvalue weighted by Crippen LogP contribution is 1.81. The first-order valence-corrected chi connectivity index (χ1v) is 1.94. The summed E-state index contributed by atoms with van der Waals surface area (Å²) in [6.07, 6.45) is -0.0243. The Balaban J connectivity index is 3.55. The van der Waals surface area contributed by atoms with Crippen molar-refractivity contribution in [2.75, 3.05) is 0 Å². The zero-order chi connectivity index (χ0) is 6.57. The van der Waals surface area contributed by atoms with Gasteiger partial charge in [0, 0.05) is 0 Å². The summed E-state index contributed by atoms with van der Waals surface area (Å²) >= 11 is 0. The van der Waals surface area contributed by atoms with Crippen molar-refractivity contribution in [2.24, 2.45) is 10.8 Å². The summed E-state index contributed by atoms with van der Waals surface area (Å²) < 4.78 is 0. The van der Waals surface area contributed by atoms with Crippen LogP contribution in [-0.2, 0) is 0 Å². The van der Waals surface area contributed by atoms with E-state index in [2.05, 4.69) is 5.11 Å². The van der Waals surface area contributed by atoms with Crippen molar-refractivity contribution in [1.82, 2.24) is 0 Å². The first-order chi connectivity index (χ1) is 3.66. The van der Waals surface area contributed by atoms with E-state index in [0.717, 1.165) is 0 Å². The Kier molecular flexibility index (Phi) is 2.39. The van der Waals surface area contributed by atoms with Gasteiger partial charge in [0.15, 0.2) is 0 Å². The summed E-state index contributed by atoms with van der Waals surface area (Å²) in [5.41, 5.74) is 11.1. The predicted molar refractivity (Wildman–Crippen MR) is 29.4 cm³/mol. The third kappa shape index (κ3) is 2.95. The monoisotopic (exact) mass is 113 g/mol. The van der Waals surface area contributed by atoms with Gasteiger partial charge in [-0.1, -0.05) is 0 Å². The largest absolute Gasteiger partial charge is 0.387 e. The number of nitrogens with one attached hydrogen (secondary N) is 3. The molecule has 5 nitrogen and oxygen atoms in total. The lowest BCUT2D eigenvalue weighted by Crippen LogP contribution is -2.12. The highest BCUT2D eigenvalue weighted by atomic mass is 15.0.